The molecular formula is C23H32N4O3. The molecular weight excluding hydrogens is 380 g/mol. The average Bonchev–Trinajstić information content (AvgIpc) is 3.20. The molecule has 1 fully saturated rings. The molecule has 2 aliphatic rings. The van der Waals surface area contributed by atoms with Gasteiger partial charge in [-0.25, -0.2) is 0 Å². The van der Waals surface area contributed by atoms with E-state index in [0.29, 0.717) is 17.9 Å². The van der Waals surface area contributed by atoms with Crippen LogP contribution in [0, 0.1) is 0 Å². The first-order valence-electron chi connectivity index (χ1n) is 11.0. The number of likely N-dealkylation sites (tertiary alicyclic amines) is 1. The summed E-state index contributed by atoms with van der Waals surface area (Å²) in [6.07, 6.45) is 7.95. The topological polar surface area (TPSA) is 79.5 Å². The van der Waals surface area contributed by atoms with E-state index < -0.39 is 0 Å². The van der Waals surface area contributed by atoms with Crippen molar-refractivity contribution in [2.75, 3.05) is 32.6 Å². The van der Waals surface area contributed by atoms with Crippen molar-refractivity contribution in [3.63, 3.8) is 0 Å². The summed E-state index contributed by atoms with van der Waals surface area (Å²) < 4.78 is 10.7. The van der Waals surface area contributed by atoms with Crippen molar-refractivity contribution >= 4 is 11.6 Å². The van der Waals surface area contributed by atoms with Crippen LogP contribution in [0.4, 0.5) is 5.69 Å². The minimum atomic E-state index is 0.223. The number of ether oxygens (including phenoxy) is 2. The Balaban J connectivity index is 1.32. The number of carbonyl (C=O) groups is 1. The number of nitrogens with zero attached hydrogens (tertiary/aromatic N) is 2. The molecule has 1 aromatic carbocycles. The predicted molar refractivity (Wildman–Crippen MR) is 116 cm³/mol. The van der Waals surface area contributed by atoms with Crippen LogP contribution in [0.2, 0.25) is 0 Å². The molecule has 7 nitrogen and oxygen atoms in total. The standard InChI is InChI=1S/C23H32N4O3/c1-29-21-11-9-16(14-22(21)30-2)24-17-6-5-13-27(15-17)23(28)12-10-20-18-7-3-4-8-19(18)25-26-20/h9,11,14,17,24H,3-8,10,12-13,15H2,1-2H3,(H,25,26). The Morgan fingerprint density at radius 2 is 2.03 bits per heavy atom. The maximum absolute atomic E-state index is 12.9. The number of methoxy groups -OCH3 is 2. The first-order chi connectivity index (χ1) is 14.7. The van der Waals surface area contributed by atoms with Crippen molar-refractivity contribution < 1.29 is 14.3 Å². The summed E-state index contributed by atoms with van der Waals surface area (Å²) in [7, 11) is 3.27. The normalized spacial score (nSPS) is 18.6. The van der Waals surface area contributed by atoms with Gasteiger partial charge < -0.3 is 19.7 Å². The van der Waals surface area contributed by atoms with Crippen molar-refractivity contribution in [3.05, 3.63) is 35.2 Å². The van der Waals surface area contributed by atoms with Gasteiger partial charge in [-0.2, -0.15) is 5.10 Å². The van der Waals surface area contributed by atoms with Crippen molar-refractivity contribution in [2.45, 2.75) is 57.4 Å². The number of nitrogens with one attached hydrogen (secondary N) is 2. The molecule has 1 aliphatic carbocycles. The molecule has 162 valence electrons. The van der Waals surface area contributed by atoms with E-state index in [9.17, 15) is 4.79 Å². The van der Waals surface area contributed by atoms with Crippen LogP contribution >= 0.6 is 0 Å². The number of hydrogen-bond acceptors (Lipinski definition) is 5. The third-order valence-electron chi connectivity index (χ3n) is 6.25. The summed E-state index contributed by atoms with van der Waals surface area (Å²) in [5.74, 6) is 1.64. The van der Waals surface area contributed by atoms with E-state index in [4.69, 9.17) is 9.47 Å². The number of H-pyrrole nitrogens is 1. The van der Waals surface area contributed by atoms with Gasteiger partial charge in [0.15, 0.2) is 11.5 Å². The molecule has 1 amide bonds. The lowest BCUT2D eigenvalue weighted by atomic mass is 9.94. The van der Waals surface area contributed by atoms with Gasteiger partial charge in [-0.15, -0.1) is 0 Å². The second-order valence-electron chi connectivity index (χ2n) is 8.23. The van der Waals surface area contributed by atoms with Gasteiger partial charge in [0, 0.05) is 49.4 Å². The first-order valence-corrected chi connectivity index (χ1v) is 11.0. The van der Waals surface area contributed by atoms with Gasteiger partial charge in [-0.1, -0.05) is 0 Å². The van der Waals surface area contributed by atoms with Crippen LogP contribution in [0.3, 0.4) is 0 Å². The fourth-order valence-electron chi connectivity index (χ4n) is 4.62. The molecule has 1 aromatic heterocycles. The summed E-state index contributed by atoms with van der Waals surface area (Å²) in [5, 5.41) is 11.2. The number of benzene rings is 1. The highest BCUT2D eigenvalue weighted by atomic mass is 16.5. The van der Waals surface area contributed by atoms with Crippen molar-refractivity contribution in [2.24, 2.45) is 0 Å². The summed E-state index contributed by atoms with van der Waals surface area (Å²) in [6, 6.07) is 6.07. The van der Waals surface area contributed by atoms with Crippen LogP contribution in [0.5, 0.6) is 11.5 Å². The van der Waals surface area contributed by atoms with Crippen LogP contribution in [-0.4, -0.2) is 54.4 Å². The SMILES string of the molecule is COc1ccc(NC2CCCN(C(=O)CCc3n[nH]c4c3CCCC4)C2)cc1OC. The molecule has 1 atom stereocenters. The zero-order valence-electron chi connectivity index (χ0n) is 18.0. The minimum Gasteiger partial charge on any atom is -0.493 e. The Hall–Kier alpha value is -2.70. The van der Waals surface area contributed by atoms with E-state index in [0.717, 1.165) is 56.6 Å². The lowest BCUT2D eigenvalue weighted by molar-refractivity contribution is -0.132. The van der Waals surface area contributed by atoms with Gasteiger partial charge in [0.1, 0.15) is 0 Å². The average molecular weight is 413 g/mol. The van der Waals surface area contributed by atoms with Gasteiger partial charge in [0.2, 0.25) is 5.91 Å². The largest absolute Gasteiger partial charge is 0.493 e. The monoisotopic (exact) mass is 412 g/mol. The Labute approximate surface area is 178 Å². The number of aromatic amines is 1. The van der Waals surface area contributed by atoms with E-state index in [1.165, 1.54) is 24.1 Å². The molecule has 2 heterocycles. The Morgan fingerprint density at radius 1 is 1.20 bits per heavy atom. The Bertz CT molecular complexity index is 879. The number of fused-ring (bicyclic) bond motifs is 1. The molecule has 0 saturated carbocycles. The van der Waals surface area contributed by atoms with E-state index in [2.05, 4.69) is 15.5 Å². The van der Waals surface area contributed by atoms with Crippen LogP contribution in [-0.2, 0) is 24.1 Å². The first kappa shape index (κ1) is 20.6. The van der Waals surface area contributed by atoms with Crippen molar-refractivity contribution in [1.29, 1.82) is 0 Å². The third kappa shape index (κ3) is 4.55. The minimum absolute atomic E-state index is 0.223. The second kappa shape index (κ2) is 9.41. The fraction of sp³-hybridized carbons (Fsp3) is 0.565. The number of aromatic nitrogens is 2. The third-order valence-corrected chi connectivity index (χ3v) is 6.25. The van der Waals surface area contributed by atoms with Crippen molar-refractivity contribution in [1.82, 2.24) is 15.1 Å². The lowest BCUT2D eigenvalue weighted by Gasteiger charge is -2.34. The van der Waals surface area contributed by atoms with Gasteiger partial charge in [-0.3, -0.25) is 9.89 Å². The van der Waals surface area contributed by atoms with E-state index in [1.54, 1.807) is 14.2 Å². The van der Waals surface area contributed by atoms with Crippen molar-refractivity contribution in [3.8, 4) is 11.5 Å². The highest BCUT2D eigenvalue weighted by molar-refractivity contribution is 5.76. The highest BCUT2D eigenvalue weighted by Crippen LogP contribution is 2.30. The second-order valence-corrected chi connectivity index (χ2v) is 8.23. The van der Waals surface area contributed by atoms with Crippen LogP contribution in [0.1, 0.15) is 49.1 Å². The summed E-state index contributed by atoms with van der Waals surface area (Å²) in [4.78, 5) is 14.9. The number of carbonyl (C=O) groups excluding carboxylic acids is 1. The van der Waals surface area contributed by atoms with Gasteiger partial charge in [0.25, 0.3) is 0 Å². The molecule has 30 heavy (non-hydrogen) atoms. The predicted octanol–water partition coefficient (Wildman–Crippen LogP) is 3.34. The molecule has 4 rings (SSSR count). The molecule has 2 N–H and O–H groups in total. The van der Waals surface area contributed by atoms with Crippen LogP contribution in [0.25, 0.3) is 0 Å². The molecule has 1 saturated heterocycles. The number of amides is 1. The smallest absolute Gasteiger partial charge is 0.223 e. The molecule has 2 aromatic rings. The maximum Gasteiger partial charge on any atom is 0.223 e. The number of aryl methyl sites for hydroxylation is 2. The van der Waals surface area contributed by atoms with Gasteiger partial charge in [0.05, 0.1) is 19.9 Å². The quantitative estimate of drug-likeness (QED) is 0.729. The molecule has 7 heteroatoms. The molecule has 0 spiro atoms. The summed E-state index contributed by atoms with van der Waals surface area (Å²) in [5.41, 5.74) is 4.71. The molecule has 0 bridgehead atoms. The summed E-state index contributed by atoms with van der Waals surface area (Å²) in [6.45, 7) is 1.56. The number of hydrogen-bond donors (Lipinski definition) is 2. The lowest BCUT2D eigenvalue weighted by Crippen LogP contribution is -2.45. The Morgan fingerprint density at radius 3 is 2.87 bits per heavy atom. The number of rotatable bonds is 7. The zero-order valence-corrected chi connectivity index (χ0v) is 18.0. The number of piperidine rings is 1. The van der Waals surface area contributed by atoms with E-state index in [1.807, 2.05) is 23.1 Å². The molecule has 0 radical (unpaired) electrons. The van der Waals surface area contributed by atoms with Gasteiger partial charge in [-0.05, 0) is 56.2 Å². The van der Waals surface area contributed by atoms with Crippen LogP contribution < -0.4 is 14.8 Å². The molecule has 1 aliphatic heterocycles. The maximum atomic E-state index is 12.9. The van der Waals surface area contributed by atoms with Gasteiger partial charge >= 0.3 is 0 Å². The highest BCUT2D eigenvalue weighted by Gasteiger charge is 2.25. The fourth-order valence-corrected chi connectivity index (χ4v) is 4.62. The Kier molecular flexibility index (Phi) is 6.45. The molecule has 1 unspecified atom stereocenters. The van der Waals surface area contributed by atoms with Crippen LogP contribution in [0.15, 0.2) is 18.2 Å². The van der Waals surface area contributed by atoms with E-state index >= 15 is 0 Å². The summed E-state index contributed by atoms with van der Waals surface area (Å²) >= 11 is 0. The number of anilines is 1. The van der Waals surface area contributed by atoms with E-state index in [-0.39, 0.29) is 11.9 Å². The zero-order chi connectivity index (χ0) is 20.9.